The Morgan fingerprint density at radius 3 is 2.06 bits per heavy atom. The summed E-state index contributed by atoms with van der Waals surface area (Å²) in [6.07, 6.45) is 0. The van der Waals surface area contributed by atoms with Crippen molar-refractivity contribution in [2.24, 2.45) is 11.1 Å². The topological polar surface area (TPSA) is 46.2 Å². The van der Waals surface area contributed by atoms with E-state index in [1.54, 1.807) is 13.8 Å². The fourth-order valence-electron chi connectivity index (χ4n) is 1.30. The average molecular weight is 233 g/mol. The van der Waals surface area contributed by atoms with Crippen molar-refractivity contribution >= 4 is 0 Å². The van der Waals surface area contributed by atoms with E-state index in [1.165, 1.54) is 0 Å². The molecule has 0 aliphatic carbocycles. The van der Waals surface area contributed by atoms with Crippen molar-refractivity contribution in [1.82, 2.24) is 0 Å². The van der Waals surface area contributed by atoms with Gasteiger partial charge in [-0.15, -0.1) is 0 Å². The van der Waals surface area contributed by atoms with Crippen LogP contribution in [0.1, 0.15) is 25.5 Å². The van der Waals surface area contributed by atoms with Crippen LogP contribution in [-0.4, -0.2) is 11.7 Å². The monoisotopic (exact) mass is 233 g/mol. The van der Waals surface area contributed by atoms with Crippen LogP contribution < -0.4 is 5.73 Å². The molecule has 0 amide bonds. The molecule has 0 radical (unpaired) electrons. The van der Waals surface area contributed by atoms with Crippen molar-refractivity contribution in [3.8, 4) is 0 Å². The minimum atomic E-state index is -1.52. The lowest BCUT2D eigenvalue weighted by molar-refractivity contribution is 0.132. The Hall–Kier alpha value is -1.07. The molecule has 0 bridgehead atoms. The van der Waals surface area contributed by atoms with Crippen LogP contribution in [0.5, 0.6) is 0 Å². The molecule has 0 saturated carbocycles. The quantitative estimate of drug-likeness (QED) is 0.785. The van der Waals surface area contributed by atoms with Crippen molar-refractivity contribution < 1.29 is 18.3 Å². The third-order valence-electron chi connectivity index (χ3n) is 2.61. The highest BCUT2D eigenvalue weighted by molar-refractivity contribution is 5.24. The molecule has 0 unspecified atom stereocenters. The minimum absolute atomic E-state index is 0.121. The number of aliphatic hydroxyl groups is 1. The molecular weight excluding hydrogens is 219 g/mol. The molecule has 0 aliphatic heterocycles. The van der Waals surface area contributed by atoms with Crippen LogP contribution in [0.15, 0.2) is 12.1 Å². The first-order valence-electron chi connectivity index (χ1n) is 4.80. The molecule has 1 aromatic carbocycles. The van der Waals surface area contributed by atoms with Gasteiger partial charge in [-0.05, 0) is 17.7 Å². The van der Waals surface area contributed by atoms with E-state index in [0.717, 1.165) is 12.1 Å². The van der Waals surface area contributed by atoms with Crippen molar-refractivity contribution in [2.75, 3.05) is 6.61 Å². The van der Waals surface area contributed by atoms with Crippen molar-refractivity contribution in [3.05, 3.63) is 35.1 Å². The van der Waals surface area contributed by atoms with Crippen molar-refractivity contribution in [1.29, 1.82) is 0 Å². The number of hydrogen-bond acceptors (Lipinski definition) is 2. The van der Waals surface area contributed by atoms with Crippen LogP contribution in [-0.2, 0) is 0 Å². The Kier molecular flexibility index (Phi) is 3.60. The third kappa shape index (κ3) is 2.36. The van der Waals surface area contributed by atoms with Gasteiger partial charge in [0, 0.05) is 18.1 Å². The molecule has 5 heteroatoms. The summed E-state index contributed by atoms with van der Waals surface area (Å²) in [6, 6.07) is 0.920. The zero-order valence-electron chi connectivity index (χ0n) is 9.10. The number of nitrogens with two attached hydrogens (primary N) is 1. The lowest BCUT2D eigenvalue weighted by Gasteiger charge is -2.29. The summed E-state index contributed by atoms with van der Waals surface area (Å²) in [5.74, 6) is -4.07. The molecule has 0 saturated heterocycles. The van der Waals surface area contributed by atoms with Crippen LogP contribution in [0.2, 0.25) is 0 Å². The van der Waals surface area contributed by atoms with Crippen LogP contribution in [0.25, 0.3) is 0 Å². The van der Waals surface area contributed by atoms with Crippen LogP contribution >= 0.6 is 0 Å². The lowest BCUT2D eigenvalue weighted by Crippen LogP contribution is -2.32. The Morgan fingerprint density at radius 1 is 1.25 bits per heavy atom. The second kappa shape index (κ2) is 4.43. The van der Waals surface area contributed by atoms with Gasteiger partial charge in [-0.1, -0.05) is 13.8 Å². The van der Waals surface area contributed by atoms with Gasteiger partial charge in [0.05, 0.1) is 0 Å². The largest absolute Gasteiger partial charge is 0.396 e. The number of benzene rings is 1. The van der Waals surface area contributed by atoms with E-state index in [0.29, 0.717) is 0 Å². The number of aliphatic hydroxyl groups excluding tert-OH is 1. The highest BCUT2D eigenvalue weighted by Gasteiger charge is 2.28. The van der Waals surface area contributed by atoms with Crippen molar-refractivity contribution in [2.45, 2.75) is 19.9 Å². The highest BCUT2D eigenvalue weighted by atomic mass is 19.2. The first-order valence-corrected chi connectivity index (χ1v) is 4.80. The normalized spacial score (nSPS) is 13.9. The molecule has 0 spiro atoms. The fourth-order valence-corrected chi connectivity index (χ4v) is 1.30. The van der Waals surface area contributed by atoms with E-state index in [1.807, 2.05) is 0 Å². The fraction of sp³-hybridized carbons (Fsp3) is 0.455. The standard InChI is InChI=1S/C11H14F3NO/c1-11(2,5-16)10(15)6-3-7(12)9(14)8(13)4-6/h3-4,10,16H,5,15H2,1-2H3/t10-/m0/s1. The molecular formula is C11H14F3NO. The first-order chi connectivity index (χ1) is 7.29. The average Bonchev–Trinajstić information content (AvgIpc) is 2.24. The second-order valence-corrected chi connectivity index (χ2v) is 4.42. The van der Waals surface area contributed by atoms with Gasteiger partial charge in [0.15, 0.2) is 17.5 Å². The van der Waals surface area contributed by atoms with Gasteiger partial charge >= 0.3 is 0 Å². The maximum absolute atomic E-state index is 13.0. The van der Waals surface area contributed by atoms with E-state index >= 15 is 0 Å². The third-order valence-corrected chi connectivity index (χ3v) is 2.61. The summed E-state index contributed by atoms with van der Waals surface area (Å²) in [5.41, 5.74) is 5.14. The van der Waals surface area contributed by atoms with Crippen LogP contribution in [0.4, 0.5) is 13.2 Å². The molecule has 1 aromatic rings. The minimum Gasteiger partial charge on any atom is -0.396 e. The molecule has 0 fully saturated rings. The maximum Gasteiger partial charge on any atom is 0.194 e. The second-order valence-electron chi connectivity index (χ2n) is 4.42. The SMILES string of the molecule is CC(C)(CO)[C@@H](N)c1cc(F)c(F)c(F)c1. The Balaban J connectivity index is 3.15. The summed E-state index contributed by atoms with van der Waals surface area (Å²) in [5, 5.41) is 9.08. The molecule has 1 rings (SSSR count). The van der Waals surface area contributed by atoms with Gasteiger partial charge in [0.2, 0.25) is 0 Å². The molecule has 90 valence electrons. The summed E-state index contributed by atoms with van der Waals surface area (Å²) in [7, 11) is 0. The molecule has 2 nitrogen and oxygen atoms in total. The molecule has 3 N–H and O–H groups in total. The van der Waals surface area contributed by atoms with E-state index in [-0.39, 0.29) is 12.2 Å². The number of rotatable bonds is 3. The number of hydrogen-bond donors (Lipinski definition) is 2. The zero-order valence-corrected chi connectivity index (χ0v) is 9.10. The van der Waals surface area contributed by atoms with Gasteiger partial charge in [0.1, 0.15) is 0 Å². The Bertz CT molecular complexity index is 370. The highest BCUT2D eigenvalue weighted by Crippen LogP contribution is 2.31. The van der Waals surface area contributed by atoms with Gasteiger partial charge < -0.3 is 10.8 Å². The summed E-state index contributed by atoms with van der Waals surface area (Å²) in [6.45, 7) is 3.06. The Morgan fingerprint density at radius 2 is 1.69 bits per heavy atom. The first kappa shape index (κ1) is 13.0. The summed E-state index contributed by atoms with van der Waals surface area (Å²) >= 11 is 0. The van der Waals surface area contributed by atoms with Gasteiger partial charge in [-0.2, -0.15) is 0 Å². The van der Waals surface area contributed by atoms with Gasteiger partial charge in [-0.25, -0.2) is 13.2 Å². The van der Waals surface area contributed by atoms with E-state index in [4.69, 9.17) is 10.8 Å². The molecule has 16 heavy (non-hydrogen) atoms. The van der Waals surface area contributed by atoms with Gasteiger partial charge in [0.25, 0.3) is 0 Å². The molecule has 0 aromatic heterocycles. The van der Waals surface area contributed by atoms with Crippen LogP contribution in [0, 0.1) is 22.9 Å². The molecule has 1 atom stereocenters. The van der Waals surface area contributed by atoms with Gasteiger partial charge in [-0.3, -0.25) is 0 Å². The van der Waals surface area contributed by atoms with Crippen molar-refractivity contribution in [3.63, 3.8) is 0 Å². The maximum atomic E-state index is 13.0. The lowest BCUT2D eigenvalue weighted by atomic mass is 9.82. The zero-order chi connectivity index (χ0) is 12.5. The predicted molar refractivity (Wildman–Crippen MR) is 54.1 cm³/mol. The molecule has 0 heterocycles. The summed E-state index contributed by atoms with van der Waals surface area (Å²) in [4.78, 5) is 0. The molecule has 0 aliphatic rings. The predicted octanol–water partition coefficient (Wildman–Crippen LogP) is 2.12. The number of halogens is 3. The Labute approximate surface area is 91.9 Å². The van der Waals surface area contributed by atoms with Crippen LogP contribution in [0.3, 0.4) is 0 Å². The van der Waals surface area contributed by atoms with E-state index in [9.17, 15) is 13.2 Å². The van der Waals surface area contributed by atoms with E-state index in [2.05, 4.69) is 0 Å². The smallest absolute Gasteiger partial charge is 0.194 e. The van der Waals surface area contributed by atoms with E-state index < -0.39 is 28.9 Å². The summed E-state index contributed by atoms with van der Waals surface area (Å²) < 4.78 is 38.6.